The zero-order chi connectivity index (χ0) is 8.48. The maximum absolute atomic E-state index is 3.82. The van der Waals surface area contributed by atoms with Crippen molar-refractivity contribution in [1.82, 2.24) is 0 Å². The van der Waals surface area contributed by atoms with Crippen LogP contribution in [0.4, 0.5) is 0 Å². The molecule has 0 aromatic carbocycles. The second kappa shape index (κ2) is 2.84. The Balaban J connectivity index is 2.77. The van der Waals surface area contributed by atoms with Crippen LogP contribution in [0.25, 0.3) is 0 Å². The molecule has 0 heteroatoms. The van der Waals surface area contributed by atoms with E-state index in [1.54, 1.807) is 0 Å². The molecule has 0 aliphatic heterocycles. The van der Waals surface area contributed by atoms with Gasteiger partial charge in [-0.2, -0.15) is 0 Å². The number of hydrogen-bond acceptors (Lipinski definition) is 0. The summed E-state index contributed by atoms with van der Waals surface area (Å²) >= 11 is 0. The average Bonchev–Trinajstić information content (AvgIpc) is 1.83. The molecule has 62 valence electrons. The highest BCUT2D eigenvalue weighted by Crippen LogP contribution is 2.37. The lowest BCUT2D eigenvalue weighted by molar-refractivity contribution is 0.283. The van der Waals surface area contributed by atoms with Crippen LogP contribution in [0, 0.1) is 11.3 Å². The molecule has 0 heterocycles. The van der Waals surface area contributed by atoms with E-state index in [1.165, 1.54) is 18.4 Å². The molecular formula is C11H18. The van der Waals surface area contributed by atoms with Crippen LogP contribution in [-0.2, 0) is 0 Å². The third-order valence-electron chi connectivity index (χ3n) is 2.32. The van der Waals surface area contributed by atoms with E-state index in [0.717, 1.165) is 5.92 Å². The fourth-order valence-corrected chi connectivity index (χ4v) is 2.12. The molecule has 1 rings (SSSR count). The Hall–Kier alpha value is -0.520. The van der Waals surface area contributed by atoms with Crippen molar-refractivity contribution in [2.75, 3.05) is 0 Å². The van der Waals surface area contributed by atoms with Gasteiger partial charge >= 0.3 is 0 Å². The van der Waals surface area contributed by atoms with Crippen LogP contribution < -0.4 is 0 Å². The van der Waals surface area contributed by atoms with E-state index in [-0.39, 0.29) is 0 Å². The zero-order valence-corrected chi connectivity index (χ0v) is 7.85. The smallest absolute Gasteiger partial charge is 0.0230 e. The molecule has 0 aromatic heterocycles. The summed E-state index contributed by atoms with van der Waals surface area (Å²) in [6, 6.07) is 0. The summed E-state index contributed by atoms with van der Waals surface area (Å²) in [5.74, 6) is 0.728. The summed E-state index contributed by atoms with van der Waals surface area (Å²) < 4.78 is 0. The van der Waals surface area contributed by atoms with Crippen molar-refractivity contribution in [1.29, 1.82) is 0 Å². The van der Waals surface area contributed by atoms with Crippen LogP contribution in [0.3, 0.4) is 0 Å². The van der Waals surface area contributed by atoms with E-state index in [1.807, 2.05) is 6.08 Å². The van der Waals surface area contributed by atoms with Gasteiger partial charge in [-0.25, -0.2) is 0 Å². The molecule has 1 aliphatic rings. The topological polar surface area (TPSA) is 0 Å². The van der Waals surface area contributed by atoms with E-state index < -0.39 is 0 Å². The molecule has 1 unspecified atom stereocenters. The molecule has 0 saturated carbocycles. The summed E-state index contributed by atoms with van der Waals surface area (Å²) in [6.07, 6.45) is 6.85. The van der Waals surface area contributed by atoms with Gasteiger partial charge in [-0.15, -0.1) is 0 Å². The van der Waals surface area contributed by atoms with Gasteiger partial charge in [0.2, 0.25) is 0 Å². The normalized spacial score (nSPS) is 29.4. The first kappa shape index (κ1) is 8.58. The first-order chi connectivity index (χ1) is 5.03. The van der Waals surface area contributed by atoms with E-state index in [4.69, 9.17) is 0 Å². The van der Waals surface area contributed by atoms with E-state index in [2.05, 4.69) is 33.4 Å². The summed E-state index contributed by atoms with van der Waals surface area (Å²) in [4.78, 5) is 0. The molecule has 0 saturated heterocycles. The minimum atomic E-state index is 0.484. The van der Waals surface area contributed by atoms with E-state index >= 15 is 0 Å². The SMILES string of the molecule is C=CC1=CC(C)CC(C)(C)C1. The Kier molecular flexibility index (Phi) is 2.22. The summed E-state index contributed by atoms with van der Waals surface area (Å²) in [5, 5.41) is 0. The standard InChI is InChI=1S/C11H18/c1-5-10-6-9(2)7-11(3,4)8-10/h5-6,9H,1,7-8H2,2-4H3. The van der Waals surface area contributed by atoms with Crippen LogP contribution in [0.1, 0.15) is 33.6 Å². The van der Waals surface area contributed by atoms with Crippen molar-refractivity contribution in [3.63, 3.8) is 0 Å². The summed E-state index contributed by atoms with van der Waals surface area (Å²) in [7, 11) is 0. The largest absolute Gasteiger partial charge is 0.0988 e. The Morgan fingerprint density at radius 3 is 2.73 bits per heavy atom. The molecule has 1 atom stereocenters. The van der Waals surface area contributed by atoms with Gasteiger partial charge in [-0.1, -0.05) is 45.1 Å². The monoisotopic (exact) mass is 150 g/mol. The van der Waals surface area contributed by atoms with Crippen LogP contribution >= 0.6 is 0 Å². The van der Waals surface area contributed by atoms with Crippen molar-refractivity contribution in [3.05, 3.63) is 24.3 Å². The zero-order valence-electron chi connectivity index (χ0n) is 7.85. The van der Waals surface area contributed by atoms with Crippen LogP contribution in [0.5, 0.6) is 0 Å². The Morgan fingerprint density at radius 1 is 1.64 bits per heavy atom. The maximum Gasteiger partial charge on any atom is -0.0230 e. The Bertz CT molecular complexity index is 184. The van der Waals surface area contributed by atoms with Crippen LogP contribution in [-0.4, -0.2) is 0 Å². The minimum absolute atomic E-state index is 0.484. The fraction of sp³-hybridized carbons (Fsp3) is 0.636. The van der Waals surface area contributed by atoms with E-state index in [0.29, 0.717) is 5.41 Å². The predicted molar refractivity (Wildman–Crippen MR) is 50.5 cm³/mol. The van der Waals surface area contributed by atoms with Gasteiger partial charge in [0, 0.05) is 0 Å². The number of allylic oxidation sites excluding steroid dienone is 3. The van der Waals surface area contributed by atoms with Crippen molar-refractivity contribution < 1.29 is 0 Å². The molecule has 11 heavy (non-hydrogen) atoms. The Morgan fingerprint density at radius 2 is 2.27 bits per heavy atom. The summed E-state index contributed by atoms with van der Waals surface area (Å²) in [5.41, 5.74) is 1.91. The summed E-state index contributed by atoms with van der Waals surface area (Å²) in [6.45, 7) is 10.8. The van der Waals surface area contributed by atoms with Crippen molar-refractivity contribution >= 4 is 0 Å². The molecule has 0 aromatic rings. The van der Waals surface area contributed by atoms with Gasteiger partial charge in [0.15, 0.2) is 0 Å². The molecule has 0 radical (unpaired) electrons. The average molecular weight is 150 g/mol. The van der Waals surface area contributed by atoms with Crippen LogP contribution in [0.2, 0.25) is 0 Å². The van der Waals surface area contributed by atoms with Crippen LogP contribution in [0.15, 0.2) is 24.3 Å². The number of hydrogen-bond donors (Lipinski definition) is 0. The third kappa shape index (κ3) is 2.21. The lowest BCUT2D eigenvalue weighted by atomic mass is 9.73. The van der Waals surface area contributed by atoms with Crippen molar-refractivity contribution in [3.8, 4) is 0 Å². The van der Waals surface area contributed by atoms with E-state index in [9.17, 15) is 0 Å². The highest BCUT2D eigenvalue weighted by atomic mass is 14.3. The highest BCUT2D eigenvalue weighted by molar-refractivity contribution is 5.21. The number of rotatable bonds is 1. The molecule has 0 nitrogen and oxygen atoms in total. The molecule has 0 fully saturated rings. The first-order valence-corrected chi connectivity index (χ1v) is 4.37. The van der Waals surface area contributed by atoms with Gasteiger partial charge in [0.05, 0.1) is 0 Å². The van der Waals surface area contributed by atoms with Gasteiger partial charge in [0.1, 0.15) is 0 Å². The molecule has 0 N–H and O–H groups in total. The maximum atomic E-state index is 3.82. The second-order valence-electron chi connectivity index (χ2n) is 4.47. The van der Waals surface area contributed by atoms with Crippen molar-refractivity contribution in [2.45, 2.75) is 33.6 Å². The third-order valence-corrected chi connectivity index (χ3v) is 2.32. The second-order valence-corrected chi connectivity index (χ2v) is 4.47. The molecule has 1 aliphatic carbocycles. The van der Waals surface area contributed by atoms with Gasteiger partial charge < -0.3 is 0 Å². The minimum Gasteiger partial charge on any atom is -0.0988 e. The van der Waals surface area contributed by atoms with Crippen molar-refractivity contribution in [2.24, 2.45) is 11.3 Å². The Labute approximate surface area is 70.0 Å². The molecule has 0 amide bonds. The fourth-order valence-electron chi connectivity index (χ4n) is 2.12. The first-order valence-electron chi connectivity index (χ1n) is 4.37. The van der Waals surface area contributed by atoms with Gasteiger partial charge in [-0.05, 0) is 24.2 Å². The molecule has 0 spiro atoms. The highest BCUT2D eigenvalue weighted by Gasteiger charge is 2.24. The lowest BCUT2D eigenvalue weighted by Gasteiger charge is -2.32. The lowest BCUT2D eigenvalue weighted by Crippen LogP contribution is -2.19. The quantitative estimate of drug-likeness (QED) is 0.536. The predicted octanol–water partition coefficient (Wildman–Crippen LogP) is 3.55. The van der Waals surface area contributed by atoms with Gasteiger partial charge in [-0.3, -0.25) is 0 Å². The molecular weight excluding hydrogens is 132 g/mol. The molecule has 0 bridgehead atoms. The van der Waals surface area contributed by atoms with Gasteiger partial charge in [0.25, 0.3) is 0 Å².